The first-order chi connectivity index (χ1) is 10.1. The summed E-state index contributed by atoms with van der Waals surface area (Å²) in [7, 11) is 0. The fourth-order valence-corrected chi connectivity index (χ4v) is 2.05. The molecular weight excluding hydrogens is 267 g/mol. The molecule has 5 heteroatoms. The van der Waals surface area contributed by atoms with Gasteiger partial charge in [-0.05, 0) is 24.6 Å². The number of hydrogen-bond donors (Lipinski definition) is 1. The fourth-order valence-electron chi connectivity index (χ4n) is 2.05. The lowest BCUT2D eigenvalue weighted by molar-refractivity contribution is 0.530. The van der Waals surface area contributed by atoms with E-state index >= 15 is 0 Å². The van der Waals surface area contributed by atoms with Crippen molar-refractivity contribution in [2.24, 2.45) is 5.92 Å². The van der Waals surface area contributed by atoms with Crippen LogP contribution in [0.25, 0.3) is 0 Å². The Hall–Kier alpha value is -2.19. The lowest BCUT2D eigenvalue weighted by atomic mass is 10.1. The molecule has 2 rings (SSSR count). The lowest BCUT2D eigenvalue weighted by Gasteiger charge is -2.11. The summed E-state index contributed by atoms with van der Waals surface area (Å²) in [6.07, 6.45) is 3.55. The number of nitriles is 1. The number of rotatable bonds is 6. The van der Waals surface area contributed by atoms with E-state index in [0.29, 0.717) is 30.1 Å². The zero-order chi connectivity index (χ0) is 15.2. The zero-order valence-electron chi connectivity index (χ0n) is 12.3. The smallest absolute Gasteiger partial charge is 0.129 e. The van der Waals surface area contributed by atoms with E-state index in [2.05, 4.69) is 24.1 Å². The van der Waals surface area contributed by atoms with E-state index in [9.17, 15) is 4.39 Å². The highest BCUT2D eigenvalue weighted by Crippen LogP contribution is 2.12. The topological polar surface area (TPSA) is 53.6 Å². The molecule has 0 spiro atoms. The molecular formula is C16H19FN4. The fraction of sp³-hybridized carbons (Fsp3) is 0.375. The molecule has 1 aromatic carbocycles. The van der Waals surface area contributed by atoms with Crippen molar-refractivity contribution in [1.29, 1.82) is 5.26 Å². The third kappa shape index (κ3) is 4.14. The molecule has 0 atom stereocenters. The van der Waals surface area contributed by atoms with Crippen LogP contribution in [0.3, 0.4) is 0 Å². The molecule has 0 saturated heterocycles. The van der Waals surface area contributed by atoms with Gasteiger partial charge in [0.25, 0.3) is 0 Å². The van der Waals surface area contributed by atoms with E-state index in [1.54, 1.807) is 18.3 Å². The molecule has 1 aromatic heterocycles. The number of halogens is 1. The maximum absolute atomic E-state index is 13.9. The third-order valence-corrected chi connectivity index (χ3v) is 3.16. The van der Waals surface area contributed by atoms with Gasteiger partial charge in [0.2, 0.25) is 0 Å². The SMILES string of the molecule is CC(C)CNCc1nccn1Cc1ccc(C#N)cc1F. The standard InChI is InChI=1S/C16H19FN4/c1-12(2)9-19-10-16-20-5-6-21(16)11-14-4-3-13(8-18)7-15(14)17/h3-7,12,19H,9-11H2,1-2H3. The maximum Gasteiger partial charge on any atom is 0.129 e. The van der Waals surface area contributed by atoms with Gasteiger partial charge in [-0.15, -0.1) is 0 Å². The minimum absolute atomic E-state index is 0.334. The summed E-state index contributed by atoms with van der Waals surface area (Å²) in [5.41, 5.74) is 0.887. The molecule has 0 unspecified atom stereocenters. The van der Waals surface area contributed by atoms with Crippen LogP contribution in [-0.4, -0.2) is 16.1 Å². The molecule has 110 valence electrons. The van der Waals surface area contributed by atoms with E-state index in [1.165, 1.54) is 6.07 Å². The van der Waals surface area contributed by atoms with E-state index in [-0.39, 0.29) is 5.82 Å². The first kappa shape index (κ1) is 15.2. The molecule has 0 aliphatic heterocycles. The Morgan fingerprint density at radius 1 is 1.43 bits per heavy atom. The number of hydrogen-bond acceptors (Lipinski definition) is 3. The average Bonchev–Trinajstić information content (AvgIpc) is 2.88. The van der Waals surface area contributed by atoms with Gasteiger partial charge in [-0.3, -0.25) is 0 Å². The van der Waals surface area contributed by atoms with Crippen molar-refractivity contribution in [1.82, 2.24) is 14.9 Å². The summed E-state index contributed by atoms with van der Waals surface area (Å²) in [6, 6.07) is 6.48. The molecule has 1 heterocycles. The van der Waals surface area contributed by atoms with Gasteiger partial charge in [0.1, 0.15) is 11.6 Å². The minimum atomic E-state index is -0.358. The number of aromatic nitrogens is 2. The summed E-state index contributed by atoms with van der Waals surface area (Å²) in [4.78, 5) is 4.30. The Bertz CT molecular complexity index is 640. The van der Waals surface area contributed by atoms with Gasteiger partial charge in [0, 0.05) is 18.0 Å². The van der Waals surface area contributed by atoms with Crippen LogP contribution in [-0.2, 0) is 13.1 Å². The van der Waals surface area contributed by atoms with E-state index in [0.717, 1.165) is 12.4 Å². The molecule has 0 aliphatic rings. The van der Waals surface area contributed by atoms with Crippen molar-refractivity contribution in [3.8, 4) is 6.07 Å². The Balaban J connectivity index is 2.07. The number of imidazole rings is 1. The van der Waals surface area contributed by atoms with E-state index in [4.69, 9.17) is 5.26 Å². The molecule has 4 nitrogen and oxygen atoms in total. The van der Waals surface area contributed by atoms with Crippen LogP contribution in [0.5, 0.6) is 0 Å². The summed E-state index contributed by atoms with van der Waals surface area (Å²) in [5.74, 6) is 1.09. The van der Waals surface area contributed by atoms with Crippen LogP contribution in [0.15, 0.2) is 30.6 Å². The first-order valence-corrected chi connectivity index (χ1v) is 6.99. The largest absolute Gasteiger partial charge is 0.329 e. The van der Waals surface area contributed by atoms with E-state index in [1.807, 2.05) is 16.8 Å². The second-order valence-corrected chi connectivity index (χ2v) is 5.41. The van der Waals surface area contributed by atoms with Gasteiger partial charge >= 0.3 is 0 Å². The van der Waals surface area contributed by atoms with Crippen LogP contribution in [0.1, 0.15) is 30.8 Å². The van der Waals surface area contributed by atoms with Gasteiger partial charge < -0.3 is 9.88 Å². The van der Waals surface area contributed by atoms with Crippen LogP contribution in [0, 0.1) is 23.1 Å². The molecule has 1 N–H and O–H groups in total. The monoisotopic (exact) mass is 286 g/mol. The summed E-state index contributed by atoms with van der Waals surface area (Å²) < 4.78 is 15.8. The lowest BCUT2D eigenvalue weighted by Crippen LogP contribution is -2.21. The van der Waals surface area contributed by atoms with Gasteiger partial charge in [-0.25, -0.2) is 9.37 Å². The van der Waals surface area contributed by atoms with Crippen LogP contribution < -0.4 is 5.32 Å². The van der Waals surface area contributed by atoms with Gasteiger partial charge in [-0.1, -0.05) is 19.9 Å². The Labute approximate surface area is 124 Å². The molecule has 2 aromatic rings. The van der Waals surface area contributed by atoms with Crippen molar-refractivity contribution in [3.63, 3.8) is 0 Å². The van der Waals surface area contributed by atoms with Crippen molar-refractivity contribution >= 4 is 0 Å². The summed E-state index contributed by atoms with van der Waals surface area (Å²) >= 11 is 0. The van der Waals surface area contributed by atoms with Crippen LogP contribution in [0.2, 0.25) is 0 Å². The van der Waals surface area contributed by atoms with Crippen LogP contribution >= 0.6 is 0 Å². The first-order valence-electron chi connectivity index (χ1n) is 6.99. The summed E-state index contributed by atoms with van der Waals surface area (Å²) in [5, 5.41) is 12.1. The Morgan fingerprint density at radius 3 is 2.90 bits per heavy atom. The normalized spacial score (nSPS) is 10.8. The van der Waals surface area contributed by atoms with Crippen LogP contribution in [0.4, 0.5) is 4.39 Å². The molecule has 0 amide bonds. The molecule has 0 fully saturated rings. The predicted octanol–water partition coefficient (Wildman–Crippen LogP) is 2.69. The predicted molar refractivity (Wildman–Crippen MR) is 79.0 cm³/mol. The molecule has 0 aliphatic carbocycles. The van der Waals surface area contributed by atoms with Gasteiger partial charge in [0.15, 0.2) is 0 Å². The molecule has 21 heavy (non-hydrogen) atoms. The number of nitrogens with zero attached hydrogens (tertiary/aromatic N) is 3. The van der Waals surface area contributed by atoms with Crippen molar-refractivity contribution in [3.05, 3.63) is 53.4 Å². The van der Waals surface area contributed by atoms with Gasteiger partial charge in [-0.2, -0.15) is 5.26 Å². The average molecular weight is 286 g/mol. The molecule has 0 radical (unpaired) electrons. The third-order valence-electron chi connectivity index (χ3n) is 3.16. The number of nitrogens with one attached hydrogen (secondary N) is 1. The van der Waals surface area contributed by atoms with E-state index < -0.39 is 0 Å². The minimum Gasteiger partial charge on any atom is -0.329 e. The van der Waals surface area contributed by atoms with Crippen molar-refractivity contribution in [2.75, 3.05) is 6.54 Å². The highest BCUT2D eigenvalue weighted by molar-refractivity contribution is 5.33. The van der Waals surface area contributed by atoms with Gasteiger partial charge in [0.05, 0.1) is 24.7 Å². The highest BCUT2D eigenvalue weighted by atomic mass is 19.1. The Morgan fingerprint density at radius 2 is 2.24 bits per heavy atom. The molecule has 0 bridgehead atoms. The maximum atomic E-state index is 13.9. The summed E-state index contributed by atoms with van der Waals surface area (Å²) in [6.45, 7) is 6.27. The molecule has 0 saturated carbocycles. The highest BCUT2D eigenvalue weighted by Gasteiger charge is 2.08. The zero-order valence-corrected chi connectivity index (χ0v) is 12.3. The quantitative estimate of drug-likeness (QED) is 0.888. The second kappa shape index (κ2) is 7.00. The van der Waals surface area contributed by atoms with Crippen molar-refractivity contribution < 1.29 is 4.39 Å². The Kier molecular flexibility index (Phi) is 5.07. The second-order valence-electron chi connectivity index (χ2n) is 5.41. The van der Waals surface area contributed by atoms with Crippen molar-refractivity contribution in [2.45, 2.75) is 26.9 Å². The number of benzene rings is 1.